The number of Topliss-reactive ketones (excluding diaryl/α,β-unsaturated/α-hetero) is 1. The molecule has 140 valence electrons. The number of nitrogens with two attached hydrogens (primary N) is 1. The van der Waals surface area contributed by atoms with Crippen LogP contribution in [0.5, 0.6) is 0 Å². The number of carbonyl (C=O) groups excluding carboxylic acids is 1. The molecule has 0 fully saturated rings. The van der Waals surface area contributed by atoms with Gasteiger partial charge in [0.25, 0.3) is 0 Å². The average molecular weight is 452 g/mol. The zero-order valence-electron chi connectivity index (χ0n) is 15.4. The first-order chi connectivity index (χ1) is 13.5. The number of halogens is 1. The minimum atomic E-state index is -0.788. The van der Waals surface area contributed by atoms with Gasteiger partial charge in [-0.15, -0.1) is 0 Å². The molecule has 28 heavy (non-hydrogen) atoms. The maximum Gasteiger partial charge on any atom is 0.311 e. The Morgan fingerprint density at radius 3 is 2.14 bits per heavy atom. The third-order valence-electron chi connectivity index (χ3n) is 4.90. The van der Waals surface area contributed by atoms with E-state index in [0.717, 1.165) is 11.3 Å². The maximum absolute atomic E-state index is 13.5. The average Bonchev–Trinajstić information content (AvgIpc) is 3.00. The number of hydrogen-bond donors (Lipinski definition) is 1. The Morgan fingerprint density at radius 1 is 0.964 bits per heavy atom. The molecule has 0 spiro atoms. The lowest BCUT2D eigenvalue weighted by Crippen LogP contribution is -2.41. The van der Waals surface area contributed by atoms with E-state index in [0.29, 0.717) is 10.7 Å². The Labute approximate surface area is 177 Å². The largest absolute Gasteiger partial charge is 0.311 e. The van der Waals surface area contributed by atoms with Crippen LogP contribution in [0.4, 0.5) is 5.69 Å². The molecule has 2 unspecified atom stereocenters. The molecule has 4 rings (SSSR count). The number of carbonyl (C=O) groups is 1. The zero-order valence-corrected chi connectivity index (χ0v) is 17.8. The molecule has 0 radical (unpaired) electrons. The van der Waals surface area contributed by atoms with Gasteiger partial charge in [0.1, 0.15) is 10.9 Å². The Morgan fingerprint density at radius 2 is 1.54 bits per heavy atom. The highest BCUT2D eigenvalue weighted by atomic mass is 79.9. The number of aryl methyl sites for hydroxylation is 1. The highest BCUT2D eigenvalue weighted by Gasteiger charge is 2.57. The Bertz CT molecular complexity index is 1040. The molecule has 2 atom stereocenters. The second-order valence-electron chi connectivity index (χ2n) is 6.78. The van der Waals surface area contributed by atoms with Crippen LogP contribution in [0.2, 0.25) is 0 Å². The van der Waals surface area contributed by atoms with Crippen LogP contribution in [-0.4, -0.2) is 20.8 Å². The summed E-state index contributed by atoms with van der Waals surface area (Å²) in [5.74, 6) is 0.0458. The predicted molar refractivity (Wildman–Crippen MR) is 119 cm³/mol. The van der Waals surface area contributed by atoms with Crippen molar-refractivity contribution < 1.29 is 9.37 Å². The van der Waals surface area contributed by atoms with Crippen molar-refractivity contribution in [3.05, 3.63) is 102 Å². The van der Waals surface area contributed by atoms with Crippen LogP contribution in [0.25, 0.3) is 0 Å². The number of alkyl halides is 1. The van der Waals surface area contributed by atoms with Gasteiger partial charge in [-0.25, -0.2) is 4.58 Å². The summed E-state index contributed by atoms with van der Waals surface area (Å²) < 4.78 is 1.23. The lowest BCUT2D eigenvalue weighted by molar-refractivity contribution is -0.498. The lowest BCUT2D eigenvalue weighted by atomic mass is 9.95. The quantitative estimate of drug-likeness (QED) is 0.256. The SMILES string of the molecule is Cc1ccc(C2(Br)C(C(=O)c3ccccc3)SC(N)=[N+]2c2ccccc2)cc1. The summed E-state index contributed by atoms with van der Waals surface area (Å²) in [6.07, 6.45) is 0. The fourth-order valence-electron chi connectivity index (χ4n) is 3.47. The fourth-order valence-corrected chi connectivity index (χ4v) is 5.97. The molecule has 2 N–H and O–H groups in total. The first-order valence-corrected chi connectivity index (χ1v) is 10.7. The van der Waals surface area contributed by atoms with Crippen molar-refractivity contribution in [2.45, 2.75) is 16.6 Å². The first kappa shape index (κ1) is 19.0. The highest BCUT2D eigenvalue weighted by molar-refractivity contribution is 9.09. The number of para-hydroxylation sites is 1. The maximum atomic E-state index is 13.5. The Hall–Kier alpha value is -2.37. The Kier molecular flexibility index (Phi) is 5.13. The molecule has 3 nitrogen and oxygen atoms in total. The van der Waals surface area contributed by atoms with Crippen molar-refractivity contribution in [2.75, 3.05) is 0 Å². The minimum Gasteiger partial charge on any atom is -0.293 e. The van der Waals surface area contributed by atoms with Crippen LogP contribution in [0.15, 0.2) is 84.9 Å². The van der Waals surface area contributed by atoms with Gasteiger partial charge in [-0.05, 0) is 46.7 Å². The monoisotopic (exact) mass is 451 g/mol. The molecule has 0 bridgehead atoms. The van der Waals surface area contributed by atoms with E-state index in [9.17, 15) is 4.79 Å². The van der Waals surface area contributed by atoms with E-state index in [1.165, 1.54) is 17.3 Å². The lowest BCUT2D eigenvalue weighted by Gasteiger charge is -2.29. The number of benzene rings is 3. The molecule has 1 heterocycles. The van der Waals surface area contributed by atoms with Gasteiger partial charge < -0.3 is 0 Å². The summed E-state index contributed by atoms with van der Waals surface area (Å²) in [5.41, 5.74) is 10.3. The van der Waals surface area contributed by atoms with E-state index < -0.39 is 9.70 Å². The molecule has 0 saturated carbocycles. The van der Waals surface area contributed by atoms with E-state index in [1.54, 1.807) is 0 Å². The summed E-state index contributed by atoms with van der Waals surface area (Å²) in [6.45, 7) is 2.05. The fraction of sp³-hybridized carbons (Fsp3) is 0.130. The van der Waals surface area contributed by atoms with Gasteiger partial charge in [0, 0.05) is 11.1 Å². The molecule has 0 aliphatic carbocycles. The normalized spacial score (nSPS) is 21.7. The summed E-state index contributed by atoms with van der Waals surface area (Å²) in [5, 5.41) is 0.163. The topological polar surface area (TPSA) is 46.1 Å². The highest BCUT2D eigenvalue weighted by Crippen LogP contribution is 2.50. The van der Waals surface area contributed by atoms with Gasteiger partial charge in [-0.1, -0.05) is 78.4 Å². The molecule has 3 aromatic rings. The van der Waals surface area contributed by atoms with Crippen molar-refractivity contribution in [1.82, 2.24) is 0 Å². The molecule has 1 aliphatic rings. The van der Waals surface area contributed by atoms with Crippen LogP contribution in [-0.2, 0) is 4.45 Å². The summed E-state index contributed by atoms with van der Waals surface area (Å²) in [7, 11) is 0. The summed E-state index contributed by atoms with van der Waals surface area (Å²) in [4.78, 5) is 13.5. The van der Waals surface area contributed by atoms with Crippen molar-refractivity contribution >= 4 is 44.3 Å². The number of ketones is 1. The van der Waals surface area contributed by atoms with Gasteiger partial charge in [-0.2, -0.15) is 0 Å². The zero-order chi connectivity index (χ0) is 19.7. The molecule has 3 aromatic carbocycles. The standard InChI is InChI=1S/C23H19BrN2OS/c1-16-12-14-18(15-13-16)23(24)21(20(27)17-8-4-2-5-9-17)28-22(25)26(23)19-10-6-3-7-11-19/h2-15,21,25H,1H3/p+1. The van der Waals surface area contributed by atoms with Gasteiger partial charge in [0.05, 0.1) is 0 Å². The molecule has 0 aromatic heterocycles. The summed E-state index contributed by atoms with van der Waals surface area (Å²) in [6, 6.07) is 27.6. The van der Waals surface area contributed by atoms with Gasteiger partial charge >= 0.3 is 5.17 Å². The summed E-state index contributed by atoms with van der Waals surface area (Å²) >= 11 is 5.37. The van der Waals surface area contributed by atoms with E-state index >= 15 is 0 Å². The molecule has 5 heteroatoms. The van der Waals surface area contributed by atoms with E-state index in [2.05, 4.69) is 47.1 Å². The predicted octanol–water partition coefficient (Wildman–Crippen LogP) is 5.20. The number of hydrogen-bond acceptors (Lipinski definition) is 3. The van der Waals surface area contributed by atoms with E-state index in [-0.39, 0.29) is 5.78 Å². The number of nitrogens with zero attached hydrogens (tertiary/aromatic N) is 1. The van der Waals surface area contributed by atoms with E-state index in [4.69, 9.17) is 5.73 Å². The second kappa shape index (κ2) is 7.57. The number of thioether (sulfide) groups is 1. The molecular weight excluding hydrogens is 432 g/mol. The van der Waals surface area contributed by atoms with Crippen LogP contribution in [0.1, 0.15) is 21.5 Å². The van der Waals surface area contributed by atoms with Crippen molar-refractivity contribution in [3.8, 4) is 0 Å². The van der Waals surface area contributed by atoms with Gasteiger partial charge in [0.2, 0.25) is 4.45 Å². The Balaban J connectivity index is 1.89. The molecule has 0 amide bonds. The molecular formula is C23H20BrN2OS+. The van der Waals surface area contributed by atoms with Crippen LogP contribution in [0.3, 0.4) is 0 Å². The molecule has 1 aliphatic heterocycles. The van der Waals surface area contributed by atoms with Crippen molar-refractivity contribution in [2.24, 2.45) is 5.73 Å². The first-order valence-electron chi connectivity index (χ1n) is 9.01. The minimum absolute atomic E-state index is 0.0458. The second-order valence-corrected chi connectivity index (χ2v) is 9.11. The van der Waals surface area contributed by atoms with Gasteiger partial charge in [0.15, 0.2) is 5.78 Å². The third-order valence-corrected chi connectivity index (χ3v) is 7.69. The van der Waals surface area contributed by atoms with Crippen LogP contribution < -0.4 is 5.73 Å². The smallest absolute Gasteiger partial charge is 0.293 e. The third kappa shape index (κ3) is 3.19. The van der Waals surface area contributed by atoms with E-state index in [1.807, 2.05) is 65.2 Å². The number of amidine groups is 1. The van der Waals surface area contributed by atoms with Crippen molar-refractivity contribution in [1.29, 1.82) is 0 Å². The van der Waals surface area contributed by atoms with Gasteiger partial charge in [-0.3, -0.25) is 10.5 Å². The number of rotatable bonds is 4. The van der Waals surface area contributed by atoms with Crippen LogP contribution >= 0.6 is 27.7 Å². The van der Waals surface area contributed by atoms with Crippen molar-refractivity contribution in [3.63, 3.8) is 0 Å². The van der Waals surface area contributed by atoms with Crippen LogP contribution in [0, 0.1) is 6.92 Å². The molecule has 0 saturated heterocycles.